The zero-order valence-electron chi connectivity index (χ0n) is 14.5. The fourth-order valence-electron chi connectivity index (χ4n) is 3.32. The minimum atomic E-state index is -0.190. The Balaban J connectivity index is 2.38. The molecule has 124 valence electrons. The van der Waals surface area contributed by atoms with Gasteiger partial charge in [0.15, 0.2) is 0 Å². The van der Waals surface area contributed by atoms with Crippen LogP contribution in [0.15, 0.2) is 0 Å². The van der Waals surface area contributed by atoms with Gasteiger partial charge in [-0.2, -0.15) is 0 Å². The molecule has 1 atom stereocenters. The van der Waals surface area contributed by atoms with Gasteiger partial charge in [-0.05, 0) is 45.1 Å². The summed E-state index contributed by atoms with van der Waals surface area (Å²) in [5.74, 6) is 0.784. The molecule has 1 aliphatic carbocycles. The highest BCUT2D eigenvalue weighted by molar-refractivity contribution is 5.75. The minimum Gasteiger partial charge on any atom is -0.468 e. The van der Waals surface area contributed by atoms with Gasteiger partial charge >= 0.3 is 5.97 Å². The first-order valence-electron chi connectivity index (χ1n) is 8.52. The monoisotopic (exact) mass is 298 g/mol. The quantitative estimate of drug-likeness (QED) is 0.700. The first-order valence-corrected chi connectivity index (χ1v) is 8.52. The van der Waals surface area contributed by atoms with Gasteiger partial charge in [-0.3, -0.25) is 4.79 Å². The van der Waals surface area contributed by atoms with E-state index in [0.717, 1.165) is 18.9 Å². The third-order valence-corrected chi connectivity index (χ3v) is 4.81. The third-order valence-electron chi connectivity index (χ3n) is 4.81. The zero-order valence-corrected chi connectivity index (χ0v) is 14.5. The van der Waals surface area contributed by atoms with Gasteiger partial charge < -0.3 is 15.0 Å². The summed E-state index contributed by atoms with van der Waals surface area (Å²) in [6.07, 6.45) is 7.45. The molecule has 1 aliphatic rings. The maximum Gasteiger partial charge on any atom is 0.322 e. The molecule has 4 nitrogen and oxygen atoms in total. The predicted molar refractivity (Wildman–Crippen MR) is 87.4 cm³/mol. The van der Waals surface area contributed by atoms with Crippen LogP contribution in [-0.4, -0.2) is 49.7 Å². The van der Waals surface area contributed by atoms with Crippen LogP contribution in [0, 0.1) is 5.92 Å². The lowest BCUT2D eigenvalue weighted by molar-refractivity contribution is -0.143. The average Bonchev–Trinajstić information content (AvgIpc) is 2.50. The van der Waals surface area contributed by atoms with Crippen LogP contribution in [-0.2, 0) is 9.53 Å². The Labute approximate surface area is 130 Å². The van der Waals surface area contributed by atoms with E-state index in [2.05, 4.69) is 38.0 Å². The highest BCUT2D eigenvalue weighted by atomic mass is 16.5. The van der Waals surface area contributed by atoms with Crippen molar-refractivity contribution in [2.45, 2.75) is 77.4 Å². The van der Waals surface area contributed by atoms with Gasteiger partial charge in [0, 0.05) is 18.6 Å². The number of carbonyl (C=O) groups is 1. The summed E-state index contributed by atoms with van der Waals surface area (Å²) in [5, 5.41) is 3.30. The number of hydrogen-bond acceptors (Lipinski definition) is 4. The van der Waals surface area contributed by atoms with Crippen LogP contribution in [0.1, 0.15) is 59.3 Å². The SMILES string of the molecule is CCC1CCC(N(C)CCC(NC(C)C)C(=O)OC)CC1. The maximum atomic E-state index is 11.8. The van der Waals surface area contributed by atoms with Gasteiger partial charge in [-0.15, -0.1) is 0 Å². The van der Waals surface area contributed by atoms with Crippen LogP contribution in [0.2, 0.25) is 0 Å². The van der Waals surface area contributed by atoms with E-state index >= 15 is 0 Å². The van der Waals surface area contributed by atoms with E-state index in [4.69, 9.17) is 4.74 Å². The van der Waals surface area contributed by atoms with E-state index in [9.17, 15) is 4.79 Å². The first kappa shape index (κ1) is 18.4. The molecule has 21 heavy (non-hydrogen) atoms. The molecule has 0 bridgehead atoms. The molecule has 0 saturated heterocycles. The molecule has 1 saturated carbocycles. The van der Waals surface area contributed by atoms with Crippen LogP contribution < -0.4 is 5.32 Å². The van der Waals surface area contributed by atoms with Crippen molar-refractivity contribution in [3.05, 3.63) is 0 Å². The molecule has 0 heterocycles. The second-order valence-electron chi connectivity index (χ2n) is 6.75. The zero-order chi connectivity index (χ0) is 15.8. The number of methoxy groups -OCH3 is 1. The topological polar surface area (TPSA) is 41.6 Å². The number of ether oxygens (including phenoxy) is 1. The van der Waals surface area contributed by atoms with E-state index in [0.29, 0.717) is 12.1 Å². The lowest BCUT2D eigenvalue weighted by Crippen LogP contribution is -2.45. The molecule has 1 fully saturated rings. The standard InChI is InChI=1S/C17H34N2O2/c1-6-14-7-9-15(10-8-14)19(4)12-11-16(17(20)21-5)18-13(2)3/h13-16,18H,6-12H2,1-5H3. The number of carbonyl (C=O) groups excluding carboxylic acids is 1. The smallest absolute Gasteiger partial charge is 0.322 e. The Kier molecular flexibility index (Phi) is 8.27. The summed E-state index contributed by atoms with van der Waals surface area (Å²) in [4.78, 5) is 14.2. The van der Waals surface area contributed by atoms with Crippen molar-refractivity contribution in [3.8, 4) is 0 Å². The number of nitrogens with zero attached hydrogens (tertiary/aromatic N) is 1. The fourth-order valence-corrected chi connectivity index (χ4v) is 3.32. The number of esters is 1. The van der Waals surface area contributed by atoms with Crippen LogP contribution in [0.5, 0.6) is 0 Å². The van der Waals surface area contributed by atoms with Gasteiger partial charge in [0.05, 0.1) is 7.11 Å². The Morgan fingerprint density at radius 3 is 2.38 bits per heavy atom. The van der Waals surface area contributed by atoms with E-state index in [1.165, 1.54) is 39.2 Å². The largest absolute Gasteiger partial charge is 0.468 e. The maximum absolute atomic E-state index is 11.8. The molecule has 4 heteroatoms. The molecule has 0 radical (unpaired) electrons. The molecule has 0 amide bonds. The normalized spacial score (nSPS) is 24.3. The van der Waals surface area contributed by atoms with Crippen molar-refractivity contribution in [2.24, 2.45) is 5.92 Å². The summed E-state index contributed by atoms with van der Waals surface area (Å²) in [6, 6.07) is 0.786. The summed E-state index contributed by atoms with van der Waals surface area (Å²) in [7, 11) is 3.66. The Morgan fingerprint density at radius 2 is 1.90 bits per heavy atom. The summed E-state index contributed by atoms with van der Waals surface area (Å²) in [5.41, 5.74) is 0. The number of hydrogen-bond donors (Lipinski definition) is 1. The first-order chi connectivity index (χ1) is 9.97. The van der Waals surface area contributed by atoms with E-state index in [1.807, 2.05) is 0 Å². The molecule has 0 aliphatic heterocycles. The van der Waals surface area contributed by atoms with E-state index in [-0.39, 0.29) is 12.0 Å². The van der Waals surface area contributed by atoms with Gasteiger partial charge in [-0.1, -0.05) is 27.2 Å². The lowest BCUT2D eigenvalue weighted by atomic mass is 9.84. The molecular weight excluding hydrogens is 264 g/mol. The molecule has 0 aromatic rings. The Bertz CT molecular complexity index is 299. The van der Waals surface area contributed by atoms with E-state index in [1.54, 1.807) is 0 Å². The van der Waals surface area contributed by atoms with Crippen LogP contribution in [0.25, 0.3) is 0 Å². The van der Waals surface area contributed by atoms with Gasteiger partial charge in [0.2, 0.25) is 0 Å². The second kappa shape index (κ2) is 9.42. The molecular formula is C17H34N2O2. The van der Waals surface area contributed by atoms with Crippen molar-refractivity contribution >= 4 is 5.97 Å². The molecule has 1 N–H and O–H groups in total. The number of nitrogens with one attached hydrogen (secondary N) is 1. The Hall–Kier alpha value is -0.610. The van der Waals surface area contributed by atoms with Crippen LogP contribution in [0.3, 0.4) is 0 Å². The molecule has 0 spiro atoms. The predicted octanol–water partition coefficient (Wildman–Crippen LogP) is 2.82. The highest BCUT2D eigenvalue weighted by Crippen LogP contribution is 2.28. The van der Waals surface area contributed by atoms with Gasteiger partial charge in [0.25, 0.3) is 0 Å². The summed E-state index contributed by atoms with van der Waals surface area (Å²) >= 11 is 0. The van der Waals surface area contributed by atoms with Crippen molar-refractivity contribution in [2.75, 3.05) is 20.7 Å². The van der Waals surface area contributed by atoms with Gasteiger partial charge in [0.1, 0.15) is 6.04 Å². The molecule has 0 aromatic carbocycles. The Morgan fingerprint density at radius 1 is 1.29 bits per heavy atom. The fraction of sp³-hybridized carbons (Fsp3) is 0.941. The van der Waals surface area contributed by atoms with E-state index < -0.39 is 0 Å². The van der Waals surface area contributed by atoms with Crippen LogP contribution >= 0.6 is 0 Å². The average molecular weight is 298 g/mol. The van der Waals surface area contributed by atoms with Gasteiger partial charge in [-0.25, -0.2) is 0 Å². The third kappa shape index (κ3) is 6.35. The van der Waals surface area contributed by atoms with Crippen molar-refractivity contribution < 1.29 is 9.53 Å². The molecule has 1 rings (SSSR count). The van der Waals surface area contributed by atoms with Crippen molar-refractivity contribution in [1.29, 1.82) is 0 Å². The summed E-state index contributed by atoms with van der Waals surface area (Å²) in [6.45, 7) is 7.37. The molecule has 0 aromatic heterocycles. The van der Waals surface area contributed by atoms with Crippen molar-refractivity contribution in [1.82, 2.24) is 10.2 Å². The second-order valence-corrected chi connectivity index (χ2v) is 6.75. The molecule has 1 unspecified atom stereocenters. The highest BCUT2D eigenvalue weighted by Gasteiger charge is 2.25. The number of rotatable bonds is 8. The minimum absolute atomic E-state index is 0.146. The van der Waals surface area contributed by atoms with Crippen molar-refractivity contribution in [3.63, 3.8) is 0 Å². The summed E-state index contributed by atoms with van der Waals surface area (Å²) < 4.78 is 4.90. The van der Waals surface area contributed by atoms with Crippen LogP contribution in [0.4, 0.5) is 0 Å². The lowest BCUT2D eigenvalue weighted by Gasteiger charge is -2.35.